The van der Waals surface area contributed by atoms with Crippen molar-refractivity contribution in [2.24, 2.45) is 7.05 Å². The largest absolute Gasteiger partial charge is 0.339 e. The van der Waals surface area contributed by atoms with Crippen LogP contribution in [-0.2, 0) is 13.5 Å². The molecule has 1 aliphatic carbocycles. The summed E-state index contributed by atoms with van der Waals surface area (Å²) >= 11 is 0. The lowest BCUT2D eigenvalue weighted by atomic mass is 9.92. The third kappa shape index (κ3) is 2.77. The first-order valence-electron chi connectivity index (χ1n) is 9.73. The average Bonchev–Trinajstić information content (AvgIpc) is 3.35. The van der Waals surface area contributed by atoms with Crippen LogP contribution in [-0.4, -0.2) is 25.7 Å². The van der Waals surface area contributed by atoms with Crippen LogP contribution in [0.5, 0.6) is 0 Å². The van der Waals surface area contributed by atoms with Crippen LogP contribution in [0.3, 0.4) is 0 Å². The van der Waals surface area contributed by atoms with Gasteiger partial charge in [-0.1, -0.05) is 17.3 Å². The monoisotopic (exact) mass is 339 g/mol. The first-order valence-corrected chi connectivity index (χ1v) is 8.23. The lowest BCUT2D eigenvalue weighted by Crippen LogP contribution is -2.07. The van der Waals surface area contributed by atoms with E-state index >= 15 is 0 Å². The van der Waals surface area contributed by atoms with Gasteiger partial charge in [0.25, 0.3) is 0 Å². The van der Waals surface area contributed by atoms with Crippen LogP contribution in [0.2, 0.25) is 0 Å². The summed E-state index contributed by atoms with van der Waals surface area (Å²) in [6.45, 7) is -0.522. The molecule has 1 aromatic carbocycles. The Balaban J connectivity index is 1.54. The predicted molar refractivity (Wildman–Crippen MR) is 92.4 cm³/mol. The molecule has 0 saturated carbocycles. The third-order valence-electron chi connectivity index (χ3n) is 5.00. The molecule has 6 heteroatoms. The van der Waals surface area contributed by atoms with Crippen LogP contribution < -0.4 is 0 Å². The molecule has 3 aromatic rings. The predicted octanol–water partition coefficient (Wildman–Crippen LogP) is 3.39. The molecular formula is C19H20N4O2. The standard InChI is InChI=1S/C19H20N4O2/c1-11-17(10-20-23(11)3)18(24)9-14-5-4-13-8-15(6-7-16(13)14)19-21-12(2)25-22-19/h6-8,10,14H,4-5,9H2,1-3H3/t14-/m0/s1/i2D3. The molecule has 25 heavy (non-hydrogen) atoms. The van der Waals surface area contributed by atoms with Gasteiger partial charge >= 0.3 is 0 Å². The number of benzene rings is 1. The molecule has 0 spiro atoms. The van der Waals surface area contributed by atoms with Crippen molar-refractivity contribution in [3.05, 3.63) is 52.7 Å². The quantitative estimate of drug-likeness (QED) is 0.681. The maximum atomic E-state index is 12.7. The van der Waals surface area contributed by atoms with Crippen LogP contribution in [0, 0.1) is 13.8 Å². The normalized spacial score (nSPS) is 18.5. The minimum Gasteiger partial charge on any atom is -0.339 e. The van der Waals surface area contributed by atoms with Gasteiger partial charge in [-0.2, -0.15) is 10.1 Å². The van der Waals surface area contributed by atoms with Gasteiger partial charge in [-0.15, -0.1) is 0 Å². The number of nitrogens with zero attached hydrogens (tertiary/aromatic N) is 4. The Morgan fingerprint density at radius 3 is 3.08 bits per heavy atom. The van der Waals surface area contributed by atoms with Crippen molar-refractivity contribution in [1.29, 1.82) is 0 Å². The zero-order valence-electron chi connectivity index (χ0n) is 17.1. The molecule has 0 fully saturated rings. The van der Waals surface area contributed by atoms with Crippen LogP contribution in [0.25, 0.3) is 11.4 Å². The Morgan fingerprint density at radius 1 is 1.48 bits per heavy atom. The van der Waals surface area contributed by atoms with E-state index in [4.69, 9.17) is 8.64 Å². The summed E-state index contributed by atoms with van der Waals surface area (Å²) in [7, 11) is 1.83. The SMILES string of the molecule is [2H]C([2H])([2H])c1nc(-c2ccc3c(c2)CC[C@H]3CC(=O)c2cnn(C)c2C)no1. The van der Waals surface area contributed by atoms with E-state index in [1.807, 2.05) is 32.2 Å². The summed E-state index contributed by atoms with van der Waals surface area (Å²) in [5.41, 5.74) is 4.56. The zero-order chi connectivity index (χ0) is 20.1. The summed E-state index contributed by atoms with van der Waals surface area (Å²) in [5.74, 6) is 0.171. The molecule has 4 rings (SSSR count). The van der Waals surface area contributed by atoms with Crippen molar-refractivity contribution in [2.45, 2.75) is 39.0 Å². The van der Waals surface area contributed by atoms with Crippen LogP contribution >= 0.6 is 0 Å². The number of rotatable bonds is 4. The Kier molecular flexibility index (Phi) is 2.99. The topological polar surface area (TPSA) is 73.8 Å². The van der Waals surface area contributed by atoms with Crippen LogP contribution in [0.15, 0.2) is 28.9 Å². The molecule has 2 heterocycles. The number of aromatic nitrogens is 4. The van der Waals surface area contributed by atoms with E-state index in [0.29, 0.717) is 17.5 Å². The molecule has 0 amide bonds. The van der Waals surface area contributed by atoms with Gasteiger partial charge in [0.05, 0.1) is 11.8 Å². The molecule has 0 bridgehead atoms. The maximum absolute atomic E-state index is 12.7. The molecule has 0 radical (unpaired) electrons. The first-order chi connectivity index (χ1) is 13.2. The van der Waals surface area contributed by atoms with Crippen molar-refractivity contribution in [2.75, 3.05) is 0 Å². The van der Waals surface area contributed by atoms with E-state index in [1.165, 1.54) is 0 Å². The molecule has 0 aliphatic heterocycles. The van der Waals surface area contributed by atoms with Gasteiger partial charge in [-0.05, 0) is 42.9 Å². The number of hydrogen-bond donors (Lipinski definition) is 0. The molecule has 0 unspecified atom stereocenters. The second kappa shape index (κ2) is 5.95. The maximum Gasteiger partial charge on any atom is 0.223 e. The second-order valence-corrected chi connectivity index (χ2v) is 6.47. The average molecular weight is 339 g/mol. The zero-order valence-corrected chi connectivity index (χ0v) is 14.1. The smallest absolute Gasteiger partial charge is 0.223 e. The van der Waals surface area contributed by atoms with E-state index in [2.05, 4.69) is 15.2 Å². The van der Waals surface area contributed by atoms with Gasteiger partial charge in [-0.3, -0.25) is 9.48 Å². The first kappa shape index (κ1) is 12.6. The summed E-state index contributed by atoms with van der Waals surface area (Å²) in [6.07, 6.45) is 3.84. The minimum absolute atomic E-state index is 0.105. The van der Waals surface area contributed by atoms with Crippen molar-refractivity contribution in [3.8, 4) is 11.4 Å². The molecule has 6 nitrogen and oxygen atoms in total. The van der Waals surface area contributed by atoms with E-state index in [-0.39, 0.29) is 23.4 Å². The highest BCUT2D eigenvalue weighted by Gasteiger charge is 2.27. The van der Waals surface area contributed by atoms with Crippen molar-refractivity contribution in [1.82, 2.24) is 19.9 Å². The number of hydrogen-bond acceptors (Lipinski definition) is 5. The highest BCUT2D eigenvalue weighted by molar-refractivity contribution is 5.97. The molecule has 1 aliphatic rings. The summed E-state index contributed by atoms with van der Waals surface area (Å²) in [5, 5.41) is 7.94. The van der Waals surface area contributed by atoms with E-state index in [0.717, 1.165) is 29.7 Å². The van der Waals surface area contributed by atoms with Gasteiger partial charge < -0.3 is 4.52 Å². The lowest BCUT2D eigenvalue weighted by molar-refractivity contribution is 0.0973. The Labute approximate surface area is 150 Å². The molecule has 0 saturated heterocycles. The fourth-order valence-corrected chi connectivity index (χ4v) is 3.50. The second-order valence-electron chi connectivity index (χ2n) is 6.47. The Bertz CT molecular complexity index is 1050. The van der Waals surface area contributed by atoms with E-state index in [1.54, 1.807) is 10.9 Å². The van der Waals surface area contributed by atoms with Gasteiger partial charge in [0.2, 0.25) is 11.7 Å². The van der Waals surface area contributed by atoms with Crippen LogP contribution in [0.1, 0.15) is 55.9 Å². The summed E-state index contributed by atoms with van der Waals surface area (Å²) < 4.78 is 28.6. The van der Waals surface area contributed by atoms with Crippen LogP contribution in [0.4, 0.5) is 0 Å². The number of carbonyl (C=O) groups is 1. The molecular weight excluding hydrogens is 316 g/mol. The fraction of sp³-hybridized carbons (Fsp3) is 0.368. The number of Topliss-reactive ketones (excluding diaryl/α,β-unsaturated/α-hetero) is 1. The lowest BCUT2D eigenvalue weighted by Gasteiger charge is -2.11. The fourth-order valence-electron chi connectivity index (χ4n) is 3.50. The molecule has 1 atom stereocenters. The third-order valence-corrected chi connectivity index (χ3v) is 5.00. The van der Waals surface area contributed by atoms with Gasteiger partial charge in [-0.25, -0.2) is 0 Å². The van der Waals surface area contributed by atoms with Gasteiger partial charge in [0.15, 0.2) is 5.78 Å². The Hall–Kier alpha value is -2.76. The van der Waals surface area contributed by atoms with Gasteiger partial charge in [0, 0.05) is 35.7 Å². The number of carbonyl (C=O) groups excluding carboxylic acids is 1. The summed E-state index contributed by atoms with van der Waals surface area (Å²) in [4.78, 5) is 16.7. The summed E-state index contributed by atoms with van der Waals surface area (Å²) in [6, 6.07) is 5.80. The Morgan fingerprint density at radius 2 is 2.36 bits per heavy atom. The number of aryl methyl sites for hydroxylation is 3. The number of ketones is 1. The molecule has 2 aromatic heterocycles. The highest BCUT2D eigenvalue weighted by atomic mass is 16.5. The van der Waals surface area contributed by atoms with Gasteiger partial charge in [0.1, 0.15) is 0 Å². The molecule has 0 N–H and O–H groups in total. The van der Waals surface area contributed by atoms with Crippen molar-refractivity contribution >= 4 is 5.78 Å². The minimum atomic E-state index is -2.42. The highest BCUT2D eigenvalue weighted by Crippen LogP contribution is 2.38. The van der Waals surface area contributed by atoms with E-state index < -0.39 is 6.85 Å². The molecule has 128 valence electrons. The van der Waals surface area contributed by atoms with Crippen molar-refractivity contribution < 1.29 is 13.4 Å². The van der Waals surface area contributed by atoms with E-state index in [9.17, 15) is 4.79 Å². The van der Waals surface area contributed by atoms with Crippen molar-refractivity contribution in [3.63, 3.8) is 0 Å². The number of fused-ring (bicyclic) bond motifs is 1.